The first-order valence-corrected chi connectivity index (χ1v) is 11.5. The minimum atomic E-state index is -0.212. The number of piperidine rings is 1. The van der Waals surface area contributed by atoms with Crippen LogP contribution in [-0.4, -0.2) is 72.7 Å². The molecule has 0 bridgehead atoms. The highest BCUT2D eigenvalue weighted by molar-refractivity contribution is 7.59. The van der Waals surface area contributed by atoms with Gasteiger partial charge in [0.05, 0.1) is 16.9 Å². The quantitative estimate of drug-likeness (QED) is 0.595. The van der Waals surface area contributed by atoms with Crippen LogP contribution in [0.1, 0.15) is 12.8 Å². The van der Waals surface area contributed by atoms with Crippen LogP contribution in [0.5, 0.6) is 0 Å². The molecule has 7 nitrogen and oxygen atoms in total. The van der Waals surface area contributed by atoms with Crippen LogP contribution < -0.4 is 15.5 Å². The summed E-state index contributed by atoms with van der Waals surface area (Å²) in [5, 5.41) is 6.94. The van der Waals surface area contributed by atoms with Gasteiger partial charge >= 0.3 is 0 Å². The van der Waals surface area contributed by atoms with Gasteiger partial charge in [-0.2, -0.15) is 13.5 Å². The summed E-state index contributed by atoms with van der Waals surface area (Å²) in [5.74, 6) is 1.05. The molecule has 33 heavy (non-hydrogen) atoms. The molecular formula is C24H32FN7S. The SMILES string of the molecule is CN1CCN(c2ccc(-c3cc4nccnc4c(NC[C@H]4CCCNC4)n3)cc2F)CC1.S. The van der Waals surface area contributed by atoms with Crippen LogP contribution in [0.3, 0.4) is 0 Å². The maximum absolute atomic E-state index is 15.1. The molecule has 0 unspecified atom stereocenters. The molecule has 9 heteroatoms. The Kier molecular flexibility index (Phi) is 7.62. The number of nitrogens with zero attached hydrogens (tertiary/aromatic N) is 5. The van der Waals surface area contributed by atoms with Crippen LogP contribution in [0.4, 0.5) is 15.9 Å². The van der Waals surface area contributed by atoms with Crippen molar-refractivity contribution < 1.29 is 4.39 Å². The monoisotopic (exact) mass is 469 g/mol. The number of likely N-dealkylation sites (N-methyl/N-ethyl adjacent to an activating group) is 1. The van der Waals surface area contributed by atoms with Gasteiger partial charge in [0.15, 0.2) is 5.82 Å². The van der Waals surface area contributed by atoms with Crippen molar-refractivity contribution in [1.82, 2.24) is 25.2 Å². The molecule has 2 aliphatic rings. The van der Waals surface area contributed by atoms with Crippen LogP contribution in [0.15, 0.2) is 36.7 Å². The van der Waals surface area contributed by atoms with E-state index in [1.807, 2.05) is 18.2 Å². The molecule has 1 atom stereocenters. The van der Waals surface area contributed by atoms with Crippen LogP contribution in [0.2, 0.25) is 0 Å². The summed E-state index contributed by atoms with van der Waals surface area (Å²) in [6.45, 7) is 6.48. The second-order valence-electron chi connectivity index (χ2n) is 8.83. The van der Waals surface area contributed by atoms with Crippen molar-refractivity contribution in [3.05, 3.63) is 42.5 Å². The molecule has 2 aliphatic heterocycles. The van der Waals surface area contributed by atoms with Crippen molar-refractivity contribution in [3.63, 3.8) is 0 Å². The lowest BCUT2D eigenvalue weighted by Gasteiger charge is -2.34. The van der Waals surface area contributed by atoms with Gasteiger partial charge in [0.1, 0.15) is 11.3 Å². The normalized spacial score (nSPS) is 19.3. The molecule has 0 aliphatic carbocycles. The number of fused-ring (bicyclic) bond motifs is 1. The van der Waals surface area contributed by atoms with Gasteiger partial charge in [-0.3, -0.25) is 4.98 Å². The Morgan fingerprint density at radius 3 is 2.70 bits per heavy atom. The first-order valence-electron chi connectivity index (χ1n) is 11.5. The van der Waals surface area contributed by atoms with Crippen molar-refractivity contribution in [2.24, 2.45) is 5.92 Å². The van der Waals surface area contributed by atoms with Gasteiger partial charge < -0.3 is 20.4 Å². The third kappa shape index (κ3) is 5.37. The number of rotatable bonds is 5. The fraction of sp³-hybridized carbons (Fsp3) is 0.458. The van der Waals surface area contributed by atoms with Crippen molar-refractivity contribution in [2.45, 2.75) is 12.8 Å². The molecule has 5 rings (SSSR count). The average molecular weight is 470 g/mol. The molecule has 2 aromatic heterocycles. The Hall–Kier alpha value is -2.49. The fourth-order valence-corrected chi connectivity index (χ4v) is 4.55. The van der Waals surface area contributed by atoms with Gasteiger partial charge in [-0.15, -0.1) is 0 Å². The number of piperazine rings is 1. The molecule has 4 heterocycles. The minimum absolute atomic E-state index is 0. The number of pyridine rings is 1. The van der Waals surface area contributed by atoms with Crippen LogP contribution in [0, 0.1) is 11.7 Å². The van der Waals surface area contributed by atoms with Gasteiger partial charge in [-0.1, -0.05) is 6.07 Å². The number of anilines is 2. The topological polar surface area (TPSA) is 69.2 Å². The summed E-state index contributed by atoms with van der Waals surface area (Å²) in [7, 11) is 2.10. The van der Waals surface area contributed by atoms with E-state index in [4.69, 9.17) is 4.98 Å². The number of halogens is 1. The maximum Gasteiger partial charge on any atom is 0.154 e. The smallest absolute Gasteiger partial charge is 0.154 e. The van der Waals surface area contributed by atoms with Crippen LogP contribution >= 0.6 is 13.5 Å². The molecular weight excluding hydrogens is 437 g/mol. The number of hydrogen-bond donors (Lipinski definition) is 2. The Balaban J connectivity index is 0.00000259. The van der Waals surface area contributed by atoms with E-state index in [1.54, 1.807) is 18.5 Å². The molecule has 2 N–H and O–H groups in total. The molecule has 1 aromatic carbocycles. The van der Waals surface area contributed by atoms with E-state index in [0.29, 0.717) is 23.1 Å². The lowest BCUT2D eigenvalue weighted by atomic mass is 10.00. The van der Waals surface area contributed by atoms with Gasteiger partial charge in [0.2, 0.25) is 0 Å². The Morgan fingerprint density at radius 2 is 1.94 bits per heavy atom. The standard InChI is InChI=1S/C24H30FN7.H2S/c1-31-9-11-32(12-10-31)22-5-4-18(13-19(22)25)20-14-21-23(28-8-7-27-21)24(30-20)29-16-17-3-2-6-26-15-17;/h4-5,7-8,13-14,17,26H,2-3,6,9-12,15-16H2,1H3,(H,29,30);1H2/t17-;/m0./s1. The molecule has 0 amide bonds. The largest absolute Gasteiger partial charge is 0.368 e. The number of hydrogen-bond acceptors (Lipinski definition) is 7. The van der Waals surface area contributed by atoms with Crippen molar-refractivity contribution in [3.8, 4) is 11.3 Å². The highest BCUT2D eigenvalue weighted by Crippen LogP contribution is 2.29. The van der Waals surface area contributed by atoms with Gasteiger partial charge in [0, 0.05) is 50.7 Å². The number of benzene rings is 1. The predicted molar refractivity (Wildman–Crippen MR) is 137 cm³/mol. The lowest BCUT2D eigenvalue weighted by molar-refractivity contribution is 0.311. The highest BCUT2D eigenvalue weighted by atomic mass is 32.1. The first kappa shape index (κ1) is 23.7. The highest BCUT2D eigenvalue weighted by Gasteiger charge is 2.19. The zero-order valence-corrected chi connectivity index (χ0v) is 20.0. The molecule has 0 spiro atoms. The molecule has 176 valence electrons. The maximum atomic E-state index is 15.1. The van der Waals surface area contributed by atoms with Gasteiger partial charge in [0.25, 0.3) is 0 Å². The lowest BCUT2D eigenvalue weighted by Crippen LogP contribution is -2.44. The zero-order chi connectivity index (χ0) is 21.9. The number of nitrogens with one attached hydrogen (secondary N) is 2. The minimum Gasteiger partial charge on any atom is -0.368 e. The summed E-state index contributed by atoms with van der Waals surface area (Å²) in [6, 6.07) is 7.31. The first-order chi connectivity index (χ1) is 15.7. The molecule has 0 radical (unpaired) electrons. The summed E-state index contributed by atoms with van der Waals surface area (Å²) in [6.07, 6.45) is 5.75. The van der Waals surface area contributed by atoms with Crippen molar-refractivity contribution in [1.29, 1.82) is 0 Å². The van der Waals surface area contributed by atoms with E-state index < -0.39 is 0 Å². The molecule has 0 saturated carbocycles. The zero-order valence-electron chi connectivity index (χ0n) is 19.0. The summed E-state index contributed by atoms with van der Waals surface area (Å²) in [4.78, 5) is 18.2. The van der Waals surface area contributed by atoms with Crippen LogP contribution in [-0.2, 0) is 0 Å². The van der Waals surface area contributed by atoms with E-state index in [9.17, 15) is 0 Å². The summed E-state index contributed by atoms with van der Waals surface area (Å²) < 4.78 is 15.1. The Bertz CT molecular complexity index is 1080. The second kappa shape index (κ2) is 10.6. The third-order valence-electron chi connectivity index (χ3n) is 6.50. The second-order valence-corrected chi connectivity index (χ2v) is 8.83. The van der Waals surface area contributed by atoms with E-state index >= 15 is 4.39 Å². The van der Waals surface area contributed by atoms with E-state index in [1.165, 1.54) is 12.8 Å². The van der Waals surface area contributed by atoms with E-state index in [0.717, 1.165) is 62.4 Å². The molecule has 2 saturated heterocycles. The summed E-state index contributed by atoms with van der Waals surface area (Å²) >= 11 is 0. The number of aromatic nitrogens is 3. The fourth-order valence-electron chi connectivity index (χ4n) is 4.55. The van der Waals surface area contributed by atoms with Gasteiger partial charge in [-0.25, -0.2) is 14.4 Å². The van der Waals surface area contributed by atoms with Crippen molar-refractivity contribution >= 4 is 36.0 Å². The van der Waals surface area contributed by atoms with Gasteiger partial charge in [-0.05, 0) is 57.1 Å². The van der Waals surface area contributed by atoms with Crippen molar-refractivity contribution in [2.75, 3.05) is 63.1 Å². The Labute approximate surface area is 201 Å². The van der Waals surface area contributed by atoms with Crippen LogP contribution in [0.25, 0.3) is 22.3 Å². The molecule has 3 aromatic rings. The molecule has 2 fully saturated rings. The third-order valence-corrected chi connectivity index (χ3v) is 6.50. The predicted octanol–water partition coefficient (Wildman–Crippen LogP) is 3.11. The Morgan fingerprint density at radius 1 is 1.12 bits per heavy atom. The van der Waals surface area contributed by atoms with E-state index in [2.05, 4.69) is 37.4 Å². The average Bonchev–Trinajstić information content (AvgIpc) is 2.83. The summed E-state index contributed by atoms with van der Waals surface area (Å²) in [5.41, 5.74) is 3.60. The van der Waals surface area contributed by atoms with E-state index in [-0.39, 0.29) is 19.3 Å².